The van der Waals surface area contributed by atoms with Crippen LogP contribution in [0.1, 0.15) is 26.3 Å². The van der Waals surface area contributed by atoms with Crippen molar-refractivity contribution >= 4 is 56.1 Å². The van der Waals surface area contributed by atoms with Crippen molar-refractivity contribution in [2.75, 3.05) is 23.0 Å². The number of rotatable bonds is 5. The highest BCUT2D eigenvalue weighted by molar-refractivity contribution is 8.16. The van der Waals surface area contributed by atoms with Gasteiger partial charge in [0.1, 0.15) is 17.9 Å². The fourth-order valence-electron chi connectivity index (χ4n) is 4.03. The molecule has 37 heavy (non-hydrogen) atoms. The molecule has 2 aliphatic heterocycles. The number of benzene rings is 2. The minimum atomic E-state index is -3.27. The van der Waals surface area contributed by atoms with E-state index in [0.29, 0.717) is 27.4 Å². The SMILES string of the molecule is Cc1cccc(Oc2ccc(Cl)cc2N2C(=NC(=O)CNC(=O)OC(C)(C)C)S[C@@H]3CS(=O)(=O)C[C@@H]32)c1. The van der Waals surface area contributed by atoms with E-state index in [1.807, 2.05) is 31.2 Å². The average molecular weight is 566 g/mol. The number of fused-ring (bicyclic) bond motifs is 1. The summed E-state index contributed by atoms with van der Waals surface area (Å²) in [5, 5.41) is 2.82. The molecular weight excluding hydrogens is 538 g/mol. The summed E-state index contributed by atoms with van der Waals surface area (Å²) in [5.41, 5.74) is 0.801. The first-order chi connectivity index (χ1) is 17.3. The molecule has 2 fully saturated rings. The Kier molecular flexibility index (Phi) is 7.77. The Morgan fingerprint density at radius 2 is 1.95 bits per heavy atom. The lowest BCUT2D eigenvalue weighted by Crippen LogP contribution is -2.39. The molecule has 0 unspecified atom stereocenters. The normalized spacial score (nSPS) is 21.5. The van der Waals surface area contributed by atoms with Crippen molar-refractivity contribution in [3.8, 4) is 11.5 Å². The number of carbonyl (C=O) groups is 2. The van der Waals surface area contributed by atoms with Gasteiger partial charge in [0.15, 0.2) is 20.8 Å². The molecule has 9 nitrogen and oxygen atoms in total. The van der Waals surface area contributed by atoms with Gasteiger partial charge in [0, 0.05) is 10.3 Å². The topological polar surface area (TPSA) is 114 Å². The number of nitrogens with one attached hydrogen (secondary N) is 1. The predicted molar refractivity (Wildman–Crippen MR) is 146 cm³/mol. The van der Waals surface area contributed by atoms with Crippen LogP contribution in [0.25, 0.3) is 0 Å². The number of aryl methyl sites for hydroxylation is 1. The predicted octanol–water partition coefficient (Wildman–Crippen LogP) is 4.57. The van der Waals surface area contributed by atoms with Crippen molar-refractivity contribution in [2.24, 2.45) is 4.99 Å². The summed E-state index contributed by atoms with van der Waals surface area (Å²) in [7, 11) is -3.27. The van der Waals surface area contributed by atoms with Crippen molar-refractivity contribution in [1.29, 1.82) is 0 Å². The van der Waals surface area contributed by atoms with Crippen LogP contribution in [0.2, 0.25) is 5.02 Å². The maximum absolute atomic E-state index is 12.7. The third kappa shape index (κ3) is 6.97. The Morgan fingerprint density at radius 1 is 1.19 bits per heavy atom. The average Bonchev–Trinajstić information content (AvgIpc) is 3.23. The Balaban J connectivity index is 1.65. The minimum absolute atomic E-state index is 0.0309. The van der Waals surface area contributed by atoms with Gasteiger partial charge < -0.3 is 19.7 Å². The van der Waals surface area contributed by atoms with Crippen LogP contribution in [-0.2, 0) is 19.4 Å². The monoisotopic (exact) mass is 565 g/mol. The van der Waals surface area contributed by atoms with E-state index in [9.17, 15) is 18.0 Å². The van der Waals surface area contributed by atoms with Gasteiger partial charge in [-0.2, -0.15) is 4.99 Å². The summed E-state index contributed by atoms with van der Waals surface area (Å²) >= 11 is 7.55. The molecular formula is C25H28ClN3O6S2. The van der Waals surface area contributed by atoms with Crippen LogP contribution in [-0.4, -0.2) is 60.5 Å². The second-order valence-corrected chi connectivity index (χ2v) is 13.6. The maximum Gasteiger partial charge on any atom is 0.408 e. The van der Waals surface area contributed by atoms with Gasteiger partial charge in [-0.3, -0.25) is 4.79 Å². The van der Waals surface area contributed by atoms with E-state index in [4.69, 9.17) is 21.1 Å². The first kappa shape index (κ1) is 27.3. The lowest BCUT2D eigenvalue weighted by atomic mass is 10.2. The molecule has 0 bridgehead atoms. The minimum Gasteiger partial charge on any atom is -0.455 e. The molecule has 0 aromatic heterocycles. The fourth-order valence-corrected chi connectivity index (χ4v) is 8.12. The third-order valence-electron chi connectivity index (χ3n) is 5.47. The molecule has 2 amide bonds. The molecule has 0 saturated carbocycles. The lowest BCUT2D eigenvalue weighted by Gasteiger charge is -2.27. The first-order valence-corrected chi connectivity index (χ1v) is 14.7. The van der Waals surface area contributed by atoms with Gasteiger partial charge in [0.2, 0.25) is 0 Å². The van der Waals surface area contributed by atoms with Gasteiger partial charge in [-0.25, -0.2) is 13.2 Å². The molecule has 4 rings (SSSR count). The summed E-state index contributed by atoms with van der Waals surface area (Å²) in [6.45, 7) is 6.73. The summed E-state index contributed by atoms with van der Waals surface area (Å²) in [6.07, 6.45) is -0.733. The van der Waals surface area contributed by atoms with Crippen molar-refractivity contribution in [1.82, 2.24) is 5.32 Å². The Hall–Kier alpha value is -2.76. The van der Waals surface area contributed by atoms with E-state index >= 15 is 0 Å². The number of amidine groups is 1. The van der Waals surface area contributed by atoms with Gasteiger partial charge in [-0.1, -0.05) is 35.5 Å². The van der Waals surface area contributed by atoms with Gasteiger partial charge in [-0.05, 0) is 63.6 Å². The molecule has 198 valence electrons. The number of sulfone groups is 1. The van der Waals surface area contributed by atoms with Crippen molar-refractivity contribution in [2.45, 2.75) is 44.6 Å². The number of ether oxygens (including phenoxy) is 2. The first-order valence-electron chi connectivity index (χ1n) is 11.6. The molecule has 2 saturated heterocycles. The molecule has 2 heterocycles. The fraction of sp³-hybridized carbons (Fsp3) is 0.400. The summed E-state index contributed by atoms with van der Waals surface area (Å²) in [5.74, 6) is 0.306. The molecule has 2 atom stereocenters. The van der Waals surface area contributed by atoms with Gasteiger partial charge in [-0.15, -0.1) is 0 Å². The van der Waals surface area contributed by atoms with Crippen LogP contribution in [0.15, 0.2) is 47.5 Å². The zero-order valence-corrected chi connectivity index (χ0v) is 23.2. The quantitative estimate of drug-likeness (QED) is 0.561. The van der Waals surface area contributed by atoms with E-state index in [1.54, 1.807) is 43.9 Å². The molecule has 0 spiro atoms. The van der Waals surface area contributed by atoms with E-state index in [1.165, 1.54) is 11.8 Å². The Morgan fingerprint density at radius 3 is 2.65 bits per heavy atom. The van der Waals surface area contributed by atoms with E-state index in [2.05, 4.69) is 10.3 Å². The lowest BCUT2D eigenvalue weighted by molar-refractivity contribution is -0.117. The highest BCUT2D eigenvalue weighted by Gasteiger charge is 2.50. The number of hydrogen-bond donors (Lipinski definition) is 1. The standard InChI is InChI=1S/C25H28ClN3O6S2/c1-15-6-5-7-17(10-15)34-20-9-8-16(26)11-18(20)29-19-13-37(32,33)14-21(19)36-23(29)28-22(30)12-27-24(31)35-25(2,3)4/h5-11,19,21H,12-14H2,1-4H3,(H,27,31)/t19-,21+/m0/s1. The summed E-state index contributed by atoms with van der Waals surface area (Å²) < 4.78 is 36.2. The number of alkyl carbamates (subject to hydrolysis) is 1. The van der Waals surface area contributed by atoms with Crippen LogP contribution >= 0.6 is 23.4 Å². The zero-order valence-electron chi connectivity index (χ0n) is 20.9. The highest BCUT2D eigenvalue weighted by atomic mass is 35.5. The second kappa shape index (κ2) is 10.5. The van der Waals surface area contributed by atoms with E-state index < -0.39 is 33.5 Å². The van der Waals surface area contributed by atoms with Crippen LogP contribution in [0.5, 0.6) is 11.5 Å². The van der Waals surface area contributed by atoms with Crippen LogP contribution in [0.3, 0.4) is 0 Å². The van der Waals surface area contributed by atoms with Crippen molar-refractivity contribution < 1.29 is 27.5 Å². The molecule has 1 N–H and O–H groups in total. The zero-order chi connectivity index (χ0) is 27.0. The maximum atomic E-state index is 12.7. The number of carbonyl (C=O) groups excluding carboxylic acids is 2. The third-order valence-corrected chi connectivity index (χ3v) is 8.91. The van der Waals surface area contributed by atoms with E-state index in [0.717, 1.165) is 5.56 Å². The Bertz CT molecular complexity index is 1360. The molecule has 2 aliphatic rings. The van der Waals surface area contributed by atoms with Crippen LogP contribution < -0.4 is 15.0 Å². The number of halogens is 1. The molecule has 2 aromatic carbocycles. The molecule has 2 aromatic rings. The number of amides is 2. The van der Waals surface area contributed by atoms with Gasteiger partial charge >= 0.3 is 6.09 Å². The van der Waals surface area contributed by atoms with Crippen molar-refractivity contribution in [3.63, 3.8) is 0 Å². The molecule has 0 radical (unpaired) electrons. The number of aliphatic imine (C=N–C) groups is 1. The van der Waals surface area contributed by atoms with E-state index in [-0.39, 0.29) is 23.3 Å². The number of anilines is 1. The number of nitrogens with zero attached hydrogens (tertiary/aromatic N) is 2. The largest absolute Gasteiger partial charge is 0.455 e. The van der Waals surface area contributed by atoms with Crippen molar-refractivity contribution in [3.05, 3.63) is 53.1 Å². The highest BCUT2D eigenvalue weighted by Crippen LogP contribution is 2.45. The van der Waals surface area contributed by atoms with Crippen LogP contribution in [0.4, 0.5) is 10.5 Å². The summed E-state index contributed by atoms with van der Waals surface area (Å²) in [4.78, 5) is 30.6. The molecule has 12 heteroatoms. The number of hydrogen-bond acceptors (Lipinski definition) is 7. The van der Waals surface area contributed by atoms with Gasteiger partial charge in [0.05, 0.1) is 23.2 Å². The summed E-state index contributed by atoms with van der Waals surface area (Å²) in [6, 6.07) is 12.1. The second-order valence-electron chi connectivity index (χ2n) is 9.84. The van der Waals surface area contributed by atoms with Gasteiger partial charge in [0.25, 0.3) is 5.91 Å². The Labute approximate surface area is 225 Å². The molecule has 0 aliphatic carbocycles. The number of thioether (sulfide) groups is 1. The van der Waals surface area contributed by atoms with Crippen LogP contribution in [0, 0.1) is 6.92 Å². The smallest absolute Gasteiger partial charge is 0.408 e.